The lowest BCUT2D eigenvalue weighted by Crippen LogP contribution is -2.56. The molecule has 0 aliphatic carbocycles. The van der Waals surface area contributed by atoms with E-state index in [9.17, 15) is 19.2 Å². The molecule has 11 nitrogen and oxygen atoms in total. The van der Waals surface area contributed by atoms with Crippen LogP contribution in [0.25, 0.3) is 21.9 Å². The van der Waals surface area contributed by atoms with Crippen molar-refractivity contribution in [2.75, 3.05) is 0 Å². The van der Waals surface area contributed by atoms with Crippen LogP contribution in [0, 0.1) is 0 Å². The van der Waals surface area contributed by atoms with Crippen LogP contribution in [-0.4, -0.2) is 35.3 Å². The summed E-state index contributed by atoms with van der Waals surface area (Å²) >= 11 is 0. The molecule has 11 heteroatoms. The van der Waals surface area contributed by atoms with E-state index >= 15 is 0 Å². The summed E-state index contributed by atoms with van der Waals surface area (Å²) in [5, 5.41) is 1.15. The molecule has 0 unspecified atom stereocenters. The zero-order chi connectivity index (χ0) is 35.4. The number of hydrogen-bond acceptors (Lipinski definition) is 11. The first-order valence-electron chi connectivity index (χ1n) is 15.9. The molecule has 256 valence electrons. The third-order valence-corrected chi connectivity index (χ3v) is 8.40. The van der Waals surface area contributed by atoms with E-state index in [-0.39, 0.29) is 11.2 Å². The van der Waals surface area contributed by atoms with Crippen LogP contribution >= 0.6 is 0 Å². The van der Waals surface area contributed by atoms with Gasteiger partial charge >= 0.3 is 23.2 Å². The zero-order valence-electron chi connectivity index (χ0n) is 28.6. The second-order valence-electron chi connectivity index (χ2n) is 13.8. The molecule has 4 heterocycles. The first-order chi connectivity index (χ1) is 23.0. The van der Waals surface area contributed by atoms with Gasteiger partial charge in [-0.05, 0) is 91.8 Å². The summed E-state index contributed by atoms with van der Waals surface area (Å²) in [6.07, 6.45) is -1.87. The summed E-state index contributed by atoms with van der Waals surface area (Å²) in [5.41, 5.74) is -1.20. The Hall–Kier alpha value is -5.16. The molecule has 0 spiro atoms. The molecule has 4 atom stereocenters. The summed E-state index contributed by atoms with van der Waals surface area (Å²) in [6.45, 7) is 14.1. The maximum Gasteiger partial charge on any atom is 0.336 e. The van der Waals surface area contributed by atoms with Gasteiger partial charge in [0.1, 0.15) is 46.1 Å². The molecule has 0 fully saturated rings. The molecule has 0 bridgehead atoms. The Morgan fingerprint density at radius 2 is 1.04 bits per heavy atom. The summed E-state index contributed by atoms with van der Waals surface area (Å²) in [4.78, 5) is 51.7. The van der Waals surface area contributed by atoms with Gasteiger partial charge in [0.05, 0.1) is 11.1 Å². The number of carbonyl (C=O) groups is 2. The van der Waals surface area contributed by atoms with Gasteiger partial charge in [-0.1, -0.05) is 11.1 Å². The SMILES string of the molecule is CC(C)=CC(=O)O[C@@H]1[C@H](O[C@@H]2[C@@H](OC(=O)C=C(C)C)c3c(ccc4ccc(=O)oc34)OC2(C)C)c2c(ccc3ccc(=O)oc23)OC1(C)C. The van der Waals surface area contributed by atoms with Crippen LogP contribution in [0.1, 0.15) is 78.7 Å². The summed E-state index contributed by atoms with van der Waals surface area (Å²) in [5.74, 6) is -0.620. The van der Waals surface area contributed by atoms with Crippen molar-refractivity contribution >= 4 is 33.9 Å². The molecular formula is C38H38O11. The van der Waals surface area contributed by atoms with Gasteiger partial charge in [0.25, 0.3) is 0 Å². The zero-order valence-corrected chi connectivity index (χ0v) is 28.6. The van der Waals surface area contributed by atoms with Crippen molar-refractivity contribution in [3.8, 4) is 11.5 Å². The van der Waals surface area contributed by atoms with E-state index < -0.39 is 58.8 Å². The minimum absolute atomic E-state index is 0.166. The van der Waals surface area contributed by atoms with Gasteiger partial charge in [-0.2, -0.15) is 0 Å². The molecule has 2 aromatic carbocycles. The highest BCUT2D eigenvalue weighted by atomic mass is 16.6. The first kappa shape index (κ1) is 33.7. The van der Waals surface area contributed by atoms with E-state index in [1.54, 1.807) is 91.8 Å². The van der Waals surface area contributed by atoms with Gasteiger partial charge in [0, 0.05) is 35.1 Å². The van der Waals surface area contributed by atoms with Crippen LogP contribution in [0.15, 0.2) is 90.3 Å². The molecule has 2 aliphatic rings. The van der Waals surface area contributed by atoms with Gasteiger partial charge in [0.2, 0.25) is 0 Å². The quantitative estimate of drug-likeness (QED) is 0.122. The molecule has 0 saturated carbocycles. The van der Waals surface area contributed by atoms with E-state index in [0.717, 1.165) is 0 Å². The van der Waals surface area contributed by atoms with E-state index in [1.807, 2.05) is 0 Å². The van der Waals surface area contributed by atoms with Crippen molar-refractivity contribution in [1.29, 1.82) is 0 Å². The predicted molar refractivity (Wildman–Crippen MR) is 180 cm³/mol. The van der Waals surface area contributed by atoms with Crippen LogP contribution in [0.4, 0.5) is 0 Å². The molecule has 6 rings (SSSR count). The Kier molecular flexibility index (Phi) is 8.52. The number of rotatable bonds is 6. The number of allylic oxidation sites excluding steroid dienone is 2. The van der Waals surface area contributed by atoms with E-state index in [1.165, 1.54) is 24.3 Å². The normalized spacial score (nSPS) is 21.7. The monoisotopic (exact) mass is 670 g/mol. The molecule has 0 N–H and O–H groups in total. The van der Waals surface area contributed by atoms with Crippen LogP contribution in [0.5, 0.6) is 11.5 Å². The second-order valence-corrected chi connectivity index (χ2v) is 13.8. The second kappa shape index (κ2) is 12.4. The van der Waals surface area contributed by atoms with Crippen molar-refractivity contribution in [2.24, 2.45) is 0 Å². The van der Waals surface area contributed by atoms with E-state index in [4.69, 9.17) is 32.5 Å². The number of hydrogen-bond donors (Lipinski definition) is 0. The highest BCUT2D eigenvalue weighted by molar-refractivity contribution is 5.86. The molecule has 2 aromatic heterocycles. The molecular weight excluding hydrogens is 632 g/mol. The largest absolute Gasteiger partial charge is 0.484 e. The van der Waals surface area contributed by atoms with Crippen molar-refractivity contribution in [1.82, 2.24) is 0 Å². The standard InChI is InChI=1S/C38H38O11/c1-19(2)17-27(41)45-33-29-23(13-9-21-11-15-25(39)43-31(21)29)49-38(7,8)36(33)47-34-30-24(14-10-22-12-16-26(40)44-32(22)30)48-37(5,6)35(34)46-28(42)18-20(3)4/h9-18,33-36H,1-8H3/t33-,34+,35+,36+/m0/s1. The third kappa shape index (κ3) is 6.50. The Morgan fingerprint density at radius 3 is 1.53 bits per heavy atom. The van der Waals surface area contributed by atoms with Gasteiger partial charge in [-0.25, -0.2) is 19.2 Å². The van der Waals surface area contributed by atoms with Crippen molar-refractivity contribution in [2.45, 2.75) is 91.0 Å². The van der Waals surface area contributed by atoms with Gasteiger partial charge in [0.15, 0.2) is 12.2 Å². The van der Waals surface area contributed by atoms with E-state index in [0.29, 0.717) is 44.5 Å². The maximum absolute atomic E-state index is 13.4. The topological polar surface area (TPSA) is 141 Å². The average molecular weight is 671 g/mol. The van der Waals surface area contributed by atoms with E-state index in [2.05, 4.69) is 0 Å². The third-order valence-electron chi connectivity index (χ3n) is 8.40. The Bertz CT molecular complexity index is 2160. The minimum atomic E-state index is -1.20. The number of benzene rings is 2. The highest BCUT2D eigenvalue weighted by Crippen LogP contribution is 2.52. The summed E-state index contributed by atoms with van der Waals surface area (Å²) in [7, 11) is 0. The van der Waals surface area contributed by atoms with Gasteiger partial charge in [-0.15, -0.1) is 0 Å². The average Bonchev–Trinajstić information content (AvgIpc) is 2.98. The molecule has 0 amide bonds. The summed E-state index contributed by atoms with van der Waals surface area (Å²) < 4.78 is 43.7. The van der Waals surface area contributed by atoms with Crippen LogP contribution in [0.3, 0.4) is 0 Å². The fraction of sp³-hybridized carbons (Fsp3) is 0.368. The van der Waals surface area contributed by atoms with Crippen molar-refractivity contribution in [3.05, 3.63) is 104 Å². The fourth-order valence-corrected chi connectivity index (χ4v) is 6.35. The lowest BCUT2D eigenvalue weighted by atomic mass is 9.84. The van der Waals surface area contributed by atoms with Gasteiger partial charge < -0.3 is 32.5 Å². The summed E-state index contributed by atoms with van der Waals surface area (Å²) in [6, 6.07) is 12.8. The highest BCUT2D eigenvalue weighted by Gasteiger charge is 2.55. The lowest BCUT2D eigenvalue weighted by Gasteiger charge is -2.48. The maximum atomic E-state index is 13.4. The predicted octanol–water partition coefficient (Wildman–Crippen LogP) is 6.80. The number of esters is 2. The Labute approximate surface area is 282 Å². The molecule has 0 radical (unpaired) electrons. The smallest absolute Gasteiger partial charge is 0.336 e. The Morgan fingerprint density at radius 1 is 0.612 bits per heavy atom. The van der Waals surface area contributed by atoms with Crippen LogP contribution in [-0.2, 0) is 23.8 Å². The molecule has 49 heavy (non-hydrogen) atoms. The first-order valence-corrected chi connectivity index (χ1v) is 15.9. The van der Waals surface area contributed by atoms with Gasteiger partial charge in [-0.3, -0.25) is 0 Å². The molecule has 4 aromatic rings. The molecule has 2 aliphatic heterocycles. The van der Waals surface area contributed by atoms with Crippen LogP contribution < -0.4 is 20.7 Å². The lowest BCUT2D eigenvalue weighted by molar-refractivity contribution is -0.226. The minimum Gasteiger partial charge on any atom is -0.484 e. The number of carbonyl (C=O) groups excluding carboxylic acids is 2. The Balaban J connectivity index is 1.59. The van der Waals surface area contributed by atoms with Crippen molar-refractivity contribution < 1.29 is 42.1 Å². The van der Waals surface area contributed by atoms with Crippen LogP contribution in [0.2, 0.25) is 0 Å². The molecule has 0 saturated heterocycles. The fourth-order valence-electron chi connectivity index (χ4n) is 6.35. The number of fused-ring (bicyclic) bond motifs is 6. The van der Waals surface area contributed by atoms with Crippen molar-refractivity contribution in [3.63, 3.8) is 0 Å². The number of ether oxygens (including phenoxy) is 5.